The zero-order valence-corrected chi connectivity index (χ0v) is 20.2. The van der Waals surface area contributed by atoms with Crippen molar-refractivity contribution < 1.29 is 75.2 Å². The van der Waals surface area contributed by atoms with Crippen LogP contribution in [0.4, 0.5) is 4.39 Å². The standard InChI is InChI=1S/C11H17FO10.C4H9.C3H8N.Pt/c12-11(9(17)18,10(19)20)1-2-21-8-7(16)6(15)5(14)4(3-13)22-8;1-4(2)3;1-3(2)4;/h4-8,13-16H,1-3H2,(H,17,18)(H,19,20);4H,1H2,2-3H3;3-4H,1-2H3;/q;2*-1;+2/t4-,5-,6+,7-,8?;;;/m1.../s1. The van der Waals surface area contributed by atoms with Gasteiger partial charge in [-0.2, -0.15) is 5.92 Å². The predicted octanol–water partition coefficient (Wildman–Crippen LogP) is -0.00851. The van der Waals surface area contributed by atoms with Gasteiger partial charge >= 0.3 is 38.7 Å². The molecular formula is C18H34FNO10Pt. The molecule has 1 saturated heterocycles. The Morgan fingerprint density at radius 3 is 1.81 bits per heavy atom. The third-order valence-corrected chi connectivity index (χ3v) is 3.26. The van der Waals surface area contributed by atoms with Crippen LogP contribution in [0.15, 0.2) is 0 Å². The second kappa shape index (κ2) is 16.8. The van der Waals surface area contributed by atoms with Crippen LogP contribution < -0.4 is 0 Å². The van der Waals surface area contributed by atoms with Crippen LogP contribution in [0.2, 0.25) is 0 Å². The van der Waals surface area contributed by atoms with Gasteiger partial charge in [-0.05, 0) is 0 Å². The Hall–Kier alpha value is -0.722. The number of rotatable bonds is 7. The van der Waals surface area contributed by atoms with Gasteiger partial charge in [0.15, 0.2) is 6.29 Å². The average molecular weight is 639 g/mol. The molecule has 0 amide bonds. The molecule has 13 heteroatoms. The van der Waals surface area contributed by atoms with Crippen LogP contribution in [0.5, 0.6) is 0 Å². The number of hydrogen-bond donors (Lipinski definition) is 6. The van der Waals surface area contributed by atoms with Crippen molar-refractivity contribution in [3.05, 3.63) is 12.7 Å². The topological polar surface area (TPSA) is 198 Å². The summed E-state index contributed by atoms with van der Waals surface area (Å²) in [5, 5.41) is 54.6. The summed E-state index contributed by atoms with van der Waals surface area (Å²) < 4.78 is 23.4. The first kappa shape index (κ1) is 34.9. The van der Waals surface area contributed by atoms with Crippen LogP contribution in [-0.2, 0) is 40.1 Å². The first-order valence-corrected chi connectivity index (χ1v) is 9.23. The number of alkyl halides is 1. The van der Waals surface area contributed by atoms with E-state index in [1.807, 2.05) is 13.8 Å². The molecule has 0 spiro atoms. The van der Waals surface area contributed by atoms with Crippen molar-refractivity contribution in [3.8, 4) is 0 Å². The molecule has 5 atom stereocenters. The molecule has 188 valence electrons. The minimum absolute atomic E-state index is 0. The van der Waals surface area contributed by atoms with Crippen LogP contribution >= 0.6 is 0 Å². The summed E-state index contributed by atoms with van der Waals surface area (Å²) in [6, 6.07) is 0.0833. The Labute approximate surface area is 195 Å². The molecule has 1 aliphatic rings. The van der Waals surface area contributed by atoms with Gasteiger partial charge in [0, 0.05) is 6.42 Å². The van der Waals surface area contributed by atoms with Crippen molar-refractivity contribution in [2.75, 3.05) is 13.2 Å². The molecule has 1 aliphatic heterocycles. The molecule has 0 aromatic heterocycles. The van der Waals surface area contributed by atoms with Gasteiger partial charge in [-0.25, -0.2) is 14.0 Å². The number of aliphatic hydroxyl groups excluding tert-OH is 4. The number of halogens is 1. The van der Waals surface area contributed by atoms with Crippen LogP contribution in [0.25, 0.3) is 5.73 Å². The van der Waals surface area contributed by atoms with Gasteiger partial charge in [0.05, 0.1) is 13.2 Å². The van der Waals surface area contributed by atoms with Gasteiger partial charge in [0.2, 0.25) is 0 Å². The number of aliphatic carboxylic acids is 2. The molecule has 1 heterocycles. The van der Waals surface area contributed by atoms with E-state index in [2.05, 4.69) is 20.8 Å². The largest absolute Gasteiger partial charge is 2.00 e. The summed E-state index contributed by atoms with van der Waals surface area (Å²) in [6.07, 6.45) is -9.00. The van der Waals surface area contributed by atoms with Crippen LogP contribution in [0.1, 0.15) is 34.1 Å². The van der Waals surface area contributed by atoms with Crippen LogP contribution in [-0.4, -0.2) is 98.2 Å². The zero-order chi connectivity index (χ0) is 24.2. The van der Waals surface area contributed by atoms with E-state index in [-0.39, 0.29) is 27.1 Å². The Kier molecular flexibility index (Phi) is 19.0. The summed E-state index contributed by atoms with van der Waals surface area (Å²) in [5.74, 6) is -3.84. The maximum atomic E-state index is 13.7. The van der Waals surface area contributed by atoms with E-state index < -0.39 is 67.9 Å². The fraction of sp³-hybridized carbons (Fsp3) is 0.833. The molecule has 1 fully saturated rings. The molecule has 31 heavy (non-hydrogen) atoms. The van der Waals surface area contributed by atoms with Gasteiger partial charge in [0.25, 0.3) is 0 Å². The normalized spacial score (nSPS) is 25.5. The molecule has 0 aromatic carbocycles. The van der Waals surface area contributed by atoms with E-state index in [1.54, 1.807) is 0 Å². The Morgan fingerprint density at radius 1 is 1.10 bits per heavy atom. The summed E-state index contributed by atoms with van der Waals surface area (Å²) in [6.45, 7) is 9.94. The first-order valence-electron chi connectivity index (χ1n) is 9.23. The number of carbonyl (C=O) groups is 2. The summed E-state index contributed by atoms with van der Waals surface area (Å²) >= 11 is 0. The van der Waals surface area contributed by atoms with Crippen molar-refractivity contribution in [3.63, 3.8) is 0 Å². The van der Waals surface area contributed by atoms with E-state index in [4.69, 9.17) is 30.5 Å². The van der Waals surface area contributed by atoms with Gasteiger partial charge in [-0.15, -0.1) is 6.04 Å². The fourth-order valence-corrected chi connectivity index (χ4v) is 1.83. The summed E-state index contributed by atoms with van der Waals surface area (Å²) in [5.41, 5.74) is 3.01. The minimum atomic E-state index is -3.58. The van der Waals surface area contributed by atoms with E-state index in [0.29, 0.717) is 5.92 Å². The Bertz CT molecular complexity index is 484. The molecule has 7 N–H and O–H groups in total. The van der Waals surface area contributed by atoms with Crippen molar-refractivity contribution in [2.24, 2.45) is 5.92 Å². The van der Waals surface area contributed by atoms with Crippen LogP contribution in [0, 0.1) is 12.8 Å². The Morgan fingerprint density at radius 2 is 1.48 bits per heavy atom. The first-order chi connectivity index (χ1) is 13.6. The monoisotopic (exact) mass is 638 g/mol. The molecule has 1 rings (SSSR count). The molecular weight excluding hydrogens is 604 g/mol. The molecule has 0 aromatic rings. The average Bonchev–Trinajstić information content (AvgIpc) is 2.60. The Balaban J connectivity index is -0.000000747. The van der Waals surface area contributed by atoms with Crippen molar-refractivity contribution in [2.45, 2.75) is 76.5 Å². The molecule has 0 radical (unpaired) electrons. The van der Waals surface area contributed by atoms with E-state index in [1.165, 1.54) is 0 Å². The van der Waals surface area contributed by atoms with Crippen molar-refractivity contribution >= 4 is 11.9 Å². The van der Waals surface area contributed by atoms with Crippen molar-refractivity contribution in [1.82, 2.24) is 0 Å². The zero-order valence-electron chi connectivity index (χ0n) is 17.9. The summed E-state index contributed by atoms with van der Waals surface area (Å²) in [4.78, 5) is 21.2. The predicted molar refractivity (Wildman–Crippen MR) is 103 cm³/mol. The molecule has 0 aliphatic carbocycles. The van der Waals surface area contributed by atoms with E-state index in [9.17, 15) is 29.3 Å². The number of aliphatic hydroxyl groups is 4. The number of hydrogen-bond acceptors (Lipinski definition) is 8. The van der Waals surface area contributed by atoms with Gasteiger partial charge in [-0.3, -0.25) is 0 Å². The van der Waals surface area contributed by atoms with E-state index in [0.717, 1.165) is 0 Å². The fourth-order valence-electron chi connectivity index (χ4n) is 1.83. The second-order valence-corrected chi connectivity index (χ2v) is 7.28. The number of nitrogens with one attached hydrogen (secondary N) is 1. The molecule has 0 saturated carbocycles. The molecule has 1 unspecified atom stereocenters. The van der Waals surface area contributed by atoms with Crippen LogP contribution in [0.3, 0.4) is 0 Å². The van der Waals surface area contributed by atoms with Gasteiger partial charge < -0.3 is 52.8 Å². The minimum Gasteiger partial charge on any atom is -0.675 e. The van der Waals surface area contributed by atoms with Gasteiger partial charge in [0.1, 0.15) is 24.4 Å². The molecule has 0 bridgehead atoms. The summed E-state index contributed by atoms with van der Waals surface area (Å²) in [7, 11) is 0. The quantitative estimate of drug-likeness (QED) is 0.163. The number of ether oxygens (including phenoxy) is 2. The number of carboxylic acids is 2. The number of carboxylic acid groups (broad SMARTS) is 2. The van der Waals surface area contributed by atoms with Crippen molar-refractivity contribution in [1.29, 1.82) is 0 Å². The molecule has 11 nitrogen and oxygen atoms in total. The van der Waals surface area contributed by atoms with E-state index >= 15 is 0 Å². The third-order valence-electron chi connectivity index (χ3n) is 3.26. The maximum Gasteiger partial charge on any atom is 2.00 e. The van der Waals surface area contributed by atoms with Gasteiger partial charge in [-0.1, -0.05) is 27.7 Å². The second-order valence-electron chi connectivity index (χ2n) is 7.28. The SMILES string of the molecule is CC(C)[NH-].O=C(O)C(F)(CCOC1O[C@H](CO)[C@@H](O)[C@H](O)[C@H]1O)C(=O)O.[CH2-]C(C)C.[Pt+2]. The maximum absolute atomic E-state index is 13.7. The third kappa shape index (κ3) is 13.4. The smallest absolute Gasteiger partial charge is 0.675 e.